The molecule has 13 unspecified atom stereocenters. The Labute approximate surface area is 459 Å². The summed E-state index contributed by atoms with van der Waals surface area (Å²) in [5, 5.41) is 143. The van der Waals surface area contributed by atoms with Crippen LogP contribution in [-0.2, 0) is 52.3 Å². The third-order valence-electron chi connectivity index (χ3n) is 21.1. The van der Waals surface area contributed by atoms with Gasteiger partial charge in [0, 0.05) is 23.3 Å². The number of esters is 2. The molecule has 79 heavy (non-hydrogen) atoms. The molecule has 24 heteroatoms. The van der Waals surface area contributed by atoms with Crippen molar-refractivity contribution in [1.29, 1.82) is 0 Å². The minimum Gasteiger partial charge on any atom is -0.479 e. The smallest absolute Gasteiger partial charge is 0.335 e. The minimum atomic E-state index is -2.18. The van der Waals surface area contributed by atoms with Crippen LogP contribution in [0.2, 0.25) is 0 Å². The number of carboxylic acid groups (broad SMARTS) is 1. The molecule has 3 aliphatic heterocycles. The fourth-order valence-corrected chi connectivity index (χ4v) is 16.2. The standard InChI is InChI=1S/C55H86O24/c1-10-23(2)46(71)79-43-44(72-24(3)60)55(22-59)26(17-50(43,4)5)25-11-12-30-51(6)15-14-32(52(7,21-58)29(51)13-16-53(30,8)54(25,9)18-31(55)61)75-49-41(77-48-38(67)36(65)34(63)28(20-57)74-48)39(68)40(42(78-49)45(69)70)76-47-37(66)35(64)33(62)27(19-56)73-47/h10-11,26-44,47-49,56-59,61-68H,12-22H2,1-9H3,(H,69,70)/b23-10-/t26?,27-,28+,29?,30?,31?,32?,33+,34+,35-,36-,37+,38-,39-,40-,41-,42-,43?,44?,47-,48-,49?,51?,52?,53?,54?,55?/m0/s1. The van der Waals surface area contributed by atoms with Crippen LogP contribution >= 0.6 is 0 Å². The van der Waals surface area contributed by atoms with Crippen molar-refractivity contribution in [2.75, 3.05) is 26.4 Å². The van der Waals surface area contributed by atoms with E-state index in [1.165, 1.54) is 6.92 Å². The second-order valence-corrected chi connectivity index (χ2v) is 25.5. The normalized spacial score (nSPS) is 50.6. The first-order valence-corrected chi connectivity index (χ1v) is 27.7. The van der Waals surface area contributed by atoms with Crippen molar-refractivity contribution in [3.05, 3.63) is 23.3 Å². The van der Waals surface area contributed by atoms with Gasteiger partial charge in [-0.25, -0.2) is 9.59 Å². The number of aliphatic carboxylic acids is 1. The molecule has 5 aliphatic carbocycles. The summed E-state index contributed by atoms with van der Waals surface area (Å²) in [6, 6.07) is 0. The van der Waals surface area contributed by atoms with Crippen molar-refractivity contribution in [3.8, 4) is 0 Å². The molecule has 0 spiro atoms. The molecule has 0 aromatic carbocycles. The van der Waals surface area contributed by atoms with Gasteiger partial charge in [0.15, 0.2) is 25.0 Å². The Hall–Kier alpha value is -2.83. The number of fused-ring (bicyclic) bond motifs is 7. The summed E-state index contributed by atoms with van der Waals surface area (Å²) in [5.41, 5.74) is -3.78. The quantitative estimate of drug-likeness (QED) is 0.0415. The van der Waals surface area contributed by atoms with Crippen molar-refractivity contribution >= 4 is 17.9 Å². The number of carboxylic acids is 1. The number of aliphatic hydroxyl groups is 12. The lowest BCUT2D eigenvalue weighted by molar-refractivity contribution is -0.392. The number of aliphatic hydroxyl groups excluding tert-OH is 12. The van der Waals surface area contributed by atoms with E-state index in [0.29, 0.717) is 37.7 Å². The maximum Gasteiger partial charge on any atom is 0.335 e. The fraction of sp³-hybridized carbons (Fsp3) is 0.873. The molecule has 0 bridgehead atoms. The zero-order chi connectivity index (χ0) is 58.4. The Balaban J connectivity index is 1.12. The number of rotatable bonds is 14. The summed E-state index contributed by atoms with van der Waals surface area (Å²) in [4.78, 5) is 39.5. The topological polar surface area (TPSA) is 388 Å². The van der Waals surface area contributed by atoms with E-state index < -0.39 is 199 Å². The van der Waals surface area contributed by atoms with Gasteiger partial charge >= 0.3 is 17.9 Å². The monoisotopic (exact) mass is 1130 g/mol. The molecule has 4 saturated carbocycles. The van der Waals surface area contributed by atoms with Crippen LogP contribution < -0.4 is 0 Å². The Morgan fingerprint density at radius 2 is 1.24 bits per heavy atom. The van der Waals surface area contributed by atoms with Crippen molar-refractivity contribution in [2.24, 2.45) is 50.2 Å². The number of allylic oxidation sites excluding steroid dienone is 3. The molecule has 24 nitrogen and oxygen atoms in total. The first-order valence-electron chi connectivity index (χ1n) is 27.7. The molecule has 27 atom stereocenters. The van der Waals surface area contributed by atoms with E-state index in [9.17, 15) is 80.8 Å². The molecule has 7 fully saturated rings. The molecule has 13 N–H and O–H groups in total. The number of carbonyl (C=O) groups is 3. The summed E-state index contributed by atoms with van der Waals surface area (Å²) in [5.74, 6) is -3.88. The van der Waals surface area contributed by atoms with Crippen LogP contribution in [0.4, 0.5) is 0 Å². The number of ether oxygens (including phenoxy) is 8. The molecule has 8 rings (SSSR count). The highest BCUT2D eigenvalue weighted by Crippen LogP contribution is 2.76. The first-order chi connectivity index (χ1) is 36.9. The number of carbonyl (C=O) groups excluding carboxylic acids is 2. The summed E-state index contributed by atoms with van der Waals surface area (Å²) >= 11 is 0. The molecule has 0 aromatic heterocycles. The highest BCUT2D eigenvalue weighted by atomic mass is 16.8. The highest BCUT2D eigenvalue weighted by Gasteiger charge is 2.74. The zero-order valence-corrected chi connectivity index (χ0v) is 46.4. The van der Waals surface area contributed by atoms with Crippen molar-refractivity contribution in [2.45, 2.75) is 224 Å². The van der Waals surface area contributed by atoms with Crippen molar-refractivity contribution in [3.63, 3.8) is 0 Å². The predicted molar refractivity (Wildman–Crippen MR) is 269 cm³/mol. The fourth-order valence-electron chi connectivity index (χ4n) is 16.2. The Morgan fingerprint density at radius 1 is 0.658 bits per heavy atom. The Morgan fingerprint density at radius 3 is 1.76 bits per heavy atom. The second kappa shape index (κ2) is 22.6. The summed E-state index contributed by atoms with van der Waals surface area (Å²) in [6.07, 6.45) is -26.5. The van der Waals surface area contributed by atoms with Gasteiger partial charge in [0.25, 0.3) is 0 Å². The van der Waals surface area contributed by atoms with Crippen LogP contribution in [0.1, 0.15) is 107 Å². The number of hydrogen-bond acceptors (Lipinski definition) is 23. The molecular formula is C55H86O24. The van der Waals surface area contributed by atoms with Gasteiger partial charge in [-0.05, 0) is 92.8 Å². The lowest BCUT2D eigenvalue weighted by Gasteiger charge is -2.72. The molecule has 450 valence electrons. The Kier molecular flexibility index (Phi) is 17.8. The SMILES string of the molecule is C/C=C(/C)C(=O)OC1C(OC(C)=O)C2(CO)C(O)CC3(C)C(=CCC4C5(C)CCC(OC6O[C@H](C(=O)O)[C@@H](O[C@@H]7O[C@@H](CO)[C@@H](O)[C@H](O)[C@H]7O)[C@H](O)[C@@H]6O[C@@H]6O[C@H](CO)[C@@H](O)[C@H](O)[C@@H]6O)C(C)(CO)C5CCC43C)C2CC1(C)C. The maximum absolute atomic E-state index is 13.4. The maximum atomic E-state index is 13.4. The van der Waals surface area contributed by atoms with Crippen LogP contribution in [-0.4, -0.2) is 227 Å². The van der Waals surface area contributed by atoms with Crippen LogP contribution in [0.3, 0.4) is 0 Å². The molecule has 0 amide bonds. The zero-order valence-electron chi connectivity index (χ0n) is 46.4. The third kappa shape index (κ3) is 9.94. The van der Waals surface area contributed by atoms with E-state index in [4.69, 9.17) is 37.9 Å². The second-order valence-electron chi connectivity index (χ2n) is 25.5. The predicted octanol–water partition coefficient (Wildman–Crippen LogP) is -1.32. The van der Waals surface area contributed by atoms with Crippen molar-refractivity contribution in [1.82, 2.24) is 0 Å². The molecule has 0 radical (unpaired) electrons. The van der Waals surface area contributed by atoms with Gasteiger partial charge in [-0.2, -0.15) is 0 Å². The van der Waals surface area contributed by atoms with E-state index in [0.717, 1.165) is 5.57 Å². The lowest BCUT2D eigenvalue weighted by Crippen LogP contribution is -2.72. The first kappa shape index (κ1) is 62.2. The van der Waals surface area contributed by atoms with E-state index >= 15 is 0 Å². The summed E-state index contributed by atoms with van der Waals surface area (Å²) in [6.45, 7) is 14.1. The average Bonchev–Trinajstić information content (AvgIpc) is 3.29. The molecule has 3 heterocycles. The highest BCUT2D eigenvalue weighted by molar-refractivity contribution is 5.87. The molecule has 8 aliphatic rings. The van der Waals surface area contributed by atoms with E-state index in [1.54, 1.807) is 19.9 Å². The average molecular weight is 1130 g/mol. The number of hydrogen-bond donors (Lipinski definition) is 13. The van der Waals surface area contributed by atoms with Gasteiger partial charge in [0.05, 0.1) is 44.1 Å². The van der Waals surface area contributed by atoms with Crippen LogP contribution in [0, 0.1) is 50.2 Å². The Bertz CT molecular complexity index is 2290. The van der Waals surface area contributed by atoms with E-state index in [2.05, 4.69) is 26.8 Å². The van der Waals surface area contributed by atoms with Gasteiger partial charge in [-0.15, -0.1) is 0 Å². The summed E-state index contributed by atoms with van der Waals surface area (Å²) in [7, 11) is 0. The van der Waals surface area contributed by atoms with Gasteiger partial charge in [0.1, 0.15) is 79.4 Å². The third-order valence-corrected chi connectivity index (χ3v) is 21.1. The van der Waals surface area contributed by atoms with Crippen LogP contribution in [0.5, 0.6) is 0 Å². The van der Waals surface area contributed by atoms with Gasteiger partial charge in [-0.1, -0.05) is 59.3 Å². The van der Waals surface area contributed by atoms with Gasteiger partial charge in [-0.3, -0.25) is 4.79 Å². The molecule has 3 saturated heterocycles. The van der Waals surface area contributed by atoms with Crippen LogP contribution in [0.25, 0.3) is 0 Å². The largest absolute Gasteiger partial charge is 0.479 e. The van der Waals surface area contributed by atoms with Gasteiger partial charge in [0.2, 0.25) is 0 Å². The molecule has 0 aromatic rings. The summed E-state index contributed by atoms with van der Waals surface area (Å²) < 4.78 is 48.2. The molecular weight excluding hydrogens is 1040 g/mol. The van der Waals surface area contributed by atoms with Crippen molar-refractivity contribution < 1.29 is 119 Å². The van der Waals surface area contributed by atoms with E-state index in [1.807, 2.05) is 20.8 Å². The van der Waals surface area contributed by atoms with E-state index in [-0.39, 0.29) is 24.7 Å². The minimum absolute atomic E-state index is 0.0849. The van der Waals surface area contributed by atoms with Gasteiger partial charge < -0.3 is 104 Å². The van der Waals surface area contributed by atoms with Crippen LogP contribution in [0.15, 0.2) is 23.3 Å². The lowest BCUT2D eigenvalue weighted by atomic mass is 9.33.